The second-order valence-corrected chi connectivity index (χ2v) is 4.24. The fourth-order valence-corrected chi connectivity index (χ4v) is 2.69. The van der Waals surface area contributed by atoms with Crippen molar-refractivity contribution >= 4 is 11.9 Å². The van der Waals surface area contributed by atoms with Crippen molar-refractivity contribution in [2.45, 2.75) is 25.3 Å². The minimum Gasteiger partial charge on any atom is -0.469 e. The summed E-state index contributed by atoms with van der Waals surface area (Å²) in [6, 6.07) is 0.0775. The van der Waals surface area contributed by atoms with Gasteiger partial charge < -0.3 is 9.64 Å². The van der Waals surface area contributed by atoms with Crippen LogP contribution in [-0.2, 0) is 14.3 Å². The third-order valence-electron chi connectivity index (χ3n) is 3.48. The molecule has 78 valence electrons. The average Bonchev–Trinajstić information content (AvgIpc) is 2.54. The molecule has 0 aromatic heterocycles. The molecule has 2 aliphatic rings. The highest BCUT2D eigenvalue weighted by Gasteiger charge is 2.46. The van der Waals surface area contributed by atoms with Gasteiger partial charge in [0, 0.05) is 19.5 Å². The van der Waals surface area contributed by atoms with Crippen LogP contribution in [0.1, 0.15) is 19.3 Å². The highest BCUT2D eigenvalue weighted by molar-refractivity contribution is 5.81. The van der Waals surface area contributed by atoms with E-state index in [2.05, 4.69) is 0 Å². The summed E-state index contributed by atoms with van der Waals surface area (Å²) in [5.41, 5.74) is 0. The van der Waals surface area contributed by atoms with Gasteiger partial charge in [-0.15, -0.1) is 0 Å². The van der Waals surface area contributed by atoms with Crippen molar-refractivity contribution in [1.29, 1.82) is 0 Å². The molecule has 1 aliphatic carbocycles. The number of carbonyl (C=O) groups excluding carboxylic acids is 2. The SMILES string of the molecule is COC(=O)[C@@H]1C[C@H]2CC(=O)N(C)[C@H]1C2. The van der Waals surface area contributed by atoms with Crippen LogP contribution in [-0.4, -0.2) is 37.0 Å². The first kappa shape index (κ1) is 9.49. The van der Waals surface area contributed by atoms with Crippen LogP contribution in [0.4, 0.5) is 0 Å². The van der Waals surface area contributed by atoms with Gasteiger partial charge in [-0.3, -0.25) is 9.59 Å². The summed E-state index contributed by atoms with van der Waals surface area (Å²) in [5.74, 6) is 0.297. The molecule has 2 rings (SSSR count). The van der Waals surface area contributed by atoms with Crippen molar-refractivity contribution in [3.8, 4) is 0 Å². The van der Waals surface area contributed by atoms with Gasteiger partial charge in [-0.25, -0.2) is 0 Å². The van der Waals surface area contributed by atoms with Crippen LogP contribution in [0.5, 0.6) is 0 Å². The summed E-state index contributed by atoms with van der Waals surface area (Å²) in [7, 11) is 3.19. The molecule has 0 aromatic rings. The highest BCUT2D eigenvalue weighted by Crippen LogP contribution is 2.41. The first-order valence-corrected chi connectivity index (χ1v) is 4.97. The Kier molecular flexibility index (Phi) is 2.21. The fraction of sp³-hybridized carbons (Fsp3) is 0.800. The minimum atomic E-state index is -0.168. The quantitative estimate of drug-likeness (QED) is 0.572. The van der Waals surface area contributed by atoms with Gasteiger partial charge in [-0.05, 0) is 18.8 Å². The summed E-state index contributed by atoms with van der Waals surface area (Å²) >= 11 is 0. The van der Waals surface area contributed by atoms with Crippen LogP contribution >= 0.6 is 0 Å². The van der Waals surface area contributed by atoms with Gasteiger partial charge in [0.2, 0.25) is 5.91 Å². The monoisotopic (exact) mass is 197 g/mol. The first-order valence-electron chi connectivity index (χ1n) is 4.97. The molecule has 0 aromatic carbocycles. The van der Waals surface area contributed by atoms with E-state index in [1.54, 1.807) is 11.9 Å². The lowest BCUT2D eigenvalue weighted by molar-refractivity contribution is -0.148. The zero-order chi connectivity index (χ0) is 10.3. The molecule has 1 saturated heterocycles. The molecular formula is C10H15NO3. The standard InChI is InChI=1S/C10H15NO3/c1-11-8-4-6(5-9(11)12)3-7(8)10(13)14-2/h6-8H,3-5H2,1-2H3/t6-,7-,8+/m1/s1. The molecule has 2 fully saturated rings. The number of methoxy groups -OCH3 is 1. The molecule has 2 bridgehead atoms. The molecule has 1 saturated carbocycles. The number of hydrogen-bond acceptors (Lipinski definition) is 3. The number of esters is 1. The van der Waals surface area contributed by atoms with Crippen molar-refractivity contribution in [3.63, 3.8) is 0 Å². The first-order chi connectivity index (χ1) is 6.63. The number of piperidine rings is 1. The van der Waals surface area contributed by atoms with Gasteiger partial charge in [-0.1, -0.05) is 0 Å². The van der Waals surface area contributed by atoms with E-state index >= 15 is 0 Å². The molecule has 1 aliphatic heterocycles. The van der Waals surface area contributed by atoms with Gasteiger partial charge >= 0.3 is 5.97 Å². The van der Waals surface area contributed by atoms with E-state index in [0.29, 0.717) is 12.3 Å². The lowest BCUT2D eigenvalue weighted by Crippen LogP contribution is -2.43. The summed E-state index contributed by atoms with van der Waals surface area (Å²) in [6.45, 7) is 0. The predicted molar refractivity (Wildman–Crippen MR) is 49.4 cm³/mol. The molecule has 3 atom stereocenters. The Morgan fingerprint density at radius 1 is 1.50 bits per heavy atom. The number of ether oxygens (including phenoxy) is 1. The van der Waals surface area contributed by atoms with E-state index in [1.165, 1.54) is 7.11 Å². The average molecular weight is 197 g/mol. The van der Waals surface area contributed by atoms with Crippen molar-refractivity contribution in [3.05, 3.63) is 0 Å². The van der Waals surface area contributed by atoms with Crippen LogP contribution in [0.15, 0.2) is 0 Å². The van der Waals surface area contributed by atoms with Gasteiger partial charge in [0.1, 0.15) is 0 Å². The van der Waals surface area contributed by atoms with E-state index in [-0.39, 0.29) is 23.8 Å². The topological polar surface area (TPSA) is 46.6 Å². The molecule has 0 radical (unpaired) electrons. The third-order valence-corrected chi connectivity index (χ3v) is 3.48. The number of carbonyl (C=O) groups is 2. The van der Waals surface area contributed by atoms with Gasteiger partial charge in [0.05, 0.1) is 13.0 Å². The fourth-order valence-electron chi connectivity index (χ4n) is 2.69. The lowest BCUT2D eigenvalue weighted by atomic mass is 9.99. The molecule has 14 heavy (non-hydrogen) atoms. The summed E-state index contributed by atoms with van der Waals surface area (Å²) in [6.07, 6.45) is 2.37. The van der Waals surface area contributed by atoms with Crippen LogP contribution < -0.4 is 0 Å². The van der Waals surface area contributed by atoms with E-state index in [1.807, 2.05) is 0 Å². The maximum absolute atomic E-state index is 11.5. The highest BCUT2D eigenvalue weighted by atomic mass is 16.5. The third kappa shape index (κ3) is 1.29. The molecule has 4 nitrogen and oxygen atoms in total. The lowest BCUT2D eigenvalue weighted by Gasteiger charge is -2.31. The van der Waals surface area contributed by atoms with Gasteiger partial charge in [0.15, 0.2) is 0 Å². The zero-order valence-corrected chi connectivity index (χ0v) is 8.53. The Labute approximate surface area is 83.2 Å². The molecule has 1 amide bonds. The number of hydrogen-bond donors (Lipinski definition) is 0. The molecule has 0 unspecified atom stereocenters. The summed E-state index contributed by atoms with van der Waals surface area (Å²) in [4.78, 5) is 24.6. The van der Waals surface area contributed by atoms with Crippen molar-refractivity contribution in [2.75, 3.05) is 14.2 Å². The summed E-state index contributed by atoms with van der Waals surface area (Å²) < 4.78 is 4.75. The van der Waals surface area contributed by atoms with Crippen molar-refractivity contribution < 1.29 is 14.3 Å². The smallest absolute Gasteiger partial charge is 0.310 e. The largest absolute Gasteiger partial charge is 0.469 e. The number of nitrogens with zero attached hydrogens (tertiary/aromatic N) is 1. The van der Waals surface area contributed by atoms with Crippen LogP contribution in [0.25, 0.3) is 0 Å². The Morgan fingerprint density at radius 2 is 2.21 bits per heavy atom. The number of rotatable bonds is 1. The van der Waals surface area contributed by atoms with Crippen molar-refractivity contribution in [1.82, 2.24) is 4.90 Å². The normalized spacial score (nSPS) is 36.0. The van der Waals surface area contributed by atoms with Crippen LogP contribution in [0.3, 0.4) is 0 Å². The van der Waals surface area contributed by atoms with Gasteiger partial charge in [-0.2, -0.15) is 0 Å². The van der Waals surface area contributed by atoms with E-state index < -0.39 is 0 Å². The number of likely N-dealkylation sites (tertiary alicyclic amines) is 1. The van der Waals surface area contributed by atoms with Crippen LogP contribution in [0, 0.1) is 11.8 Å². The predicted octanol–water partition coefficient (Wildman–Crippen LogP) is 0.416. The number of fused-ring (bicyclic) bond motifs is 2. The minimum absolute atomic E-state index is 0.0775. The van der Waals surface area contributed by atoms with E-state index in [4.69, 9.17) is 4.74 Å². The van der Waals surface area contributed by atoms with E-state index in [9.17, 15) is 9.59 Å². The number of amides is 1. The van der Waals surface area contributed by atoms with Crippen LogP contribution in [0.2, 0.25) is 0 Å². The molecule has 0 spiro atoms. The Morgan fingerprint density at radius 3 is 2.86 bits per heavy atom. The molecular weight excluding hydrogens is 182 g/mol. The Hall–Kier alpha value is -1.06. The maximum Gasteiger partial charge on any atom is 0.310 e. The van der Waals surface area contributed by atoms with Crippen molar-refractivity contribution in [2.24, 2.45) is 11.8 Å². The second-order valence-electron chi connectivity index (χ2n) is 4.24. The molecule has 1 heterocycles. The second kappa shape index (κ2) is 3.26. The molecule has 4 heteroatoms. The van der Waals surface area contributed by atoms with E-state index in [0.717, 1.165) is 12.8 Å². The Bertz CT molecular complexity index is 277. The summed E-state index contributed by atoms with van der Waals surface area (Å²) in [5, 5.41) is 0. The molecule has 0 N–H and O–H groups in total. The maximum atomic E-state index is 11.5. The Balaban J connectivity index is 2.17. The van der Waals surface area contributed by atoms with Gasteiger partial charge in [0.25, 0.3) is 0 Å². The zero-order valence-electron chi connectivity index (χ0n) is 8.53.